The van der Waals surface area contributed by atoms with E-state index in [-0.39, 0.29) is 5.96 Å². The van der Waals surface area contributed by atoms with E-state index in [1.54, 1.807) is 20.0 Å². The Hall–Kier alpha value is -2.05. The van der Waals surface area contributed by atoms with Crippen molar-refractivity contribution < 1.29 is 9.90 Å². The molecule has 0 unspecified atom stereocenters. The zero-order valence-electron chi connectivity index (χ0n) is 11.0. The van der Waals surface area contributed by atoms with Crippen LogP contribution in [0.15, 0.2) is 12.5 Å². The van der Waals surface area contributed by atoms with Crippen molar-refractivity contribution in [2.75, 3.05) is 7.05 Å². The first-order valence-electron chi connectivity index (χ1n) is 5.45. The predicted octanol–water partition coefficient (Wildman–Crippen LogP) is 0.356. The molecule has 0 bridgehead atoms. The van der Waals surface area contributed by atoms with Crippen molar-refractivity contribution in [2.24, 2.45) is 5.73 Å². The van der Waals surface area contributed by atoms with E-state index in [2.05, 4.69) is 9.97 Å². The van der Waals surface area contributed by atoms with Gasteiger partial charge in [0.25, 0.3) is 0 Å². The molecule has 18 heavy (non-hydrogen) atoms. The first-order valence-corrected chi connectivity index (χ1v) is 5.45. The molecule has 0 aromatic carbocycles. The Bertz CT molecular complexity index is 454. The number of likely N-dealkylation sites (N-methyl/N-ethyl adjacent to an activating group) is 1. The van der Waals surface area contributed by atoms with Crippen LogP contribution in [0.25, 0.3) is 0 Å². The maximum absolute atomic E-state index is 11.7. The normalized spacial score (nSPS) is 14.9. The molecule has 7 heteroatoms. The zero-order chi connectivity index (χ0) is 14.1. The molecule has 1 heterocycles. The summed E-state index contributed by atoms with van der Waals surface area (Å²) in [6.07, 6.45) is 3.07. The van der Waals surface area contributed by atoms with Gasteiger partial charge in [-0.3, -0.25) is 5.41 Å². The summed E-state index contributed by atoms with van der Waals surface area (Å²) in [6.45, 7) is 5.08. The highest BCUT2D eigenvalue weighted by molar-refractivity contribution is 5.87. The Labute approximate surface area is 106 Å². The first kappa shape index (κ1) is 14.0. The van der Waals surface area contributed by atoms with Gasteiger partial charge >= 0.3 is 5.97 Å². The van der Waals surface area contributed by atoms with Gasteiger partial charge in [-0.05, 0) is 6.92 Å². The number of guanidine groups is 1. The number of rotatable bonds is 4. The summed E-state index contributed by atoms with van der Waals surface area (Å²) in [6, 6.07) is 0. The summed E-state index contributed by atoms with van der Waals surface area (Å²) in [7, 11) is 1.49. The molecule has 0 spiro atoms. The third kappa shape index (κ3) is 1.81. The number of carbonyl (C=O) groups is 1. The molecule has 1 rings (SSSR count). The van der Waals surface area contributed by atoms with Gasteiger partial charge in [-0.2, -0.15) is 0 Å². The highest BCUT2D eigenvalue weighted by Crippen LogP contribution is 2.37. The molecule has 0 aliphatic rings. The van der Waals surface area contributed by atoms with Crippen molar-refractivity contribution in [2.45, 2.75) is 31.7 Å². The van der Waals surface area contributed by atoms with Crippen molar-refractivity contribution in [1.82, 2.24) is 14.9 Å². The van der Waals surface area contributed by atoms with Gasteiger partial charge < -0.3 is 20.7 Å². The molecular formula is C11H19N5O2. The van der Waals surface area contributed by atoms with E-state index >= 15 is 0 Å². The minimum Gasteiger partial charge on any atom is -0.479 e. The SMILES string of the molecule is CN(C(=N)N)[C@](C)(C(=O)O)C(C)(C)c1cnc[nH]1. The van der Waals surface area contributed by atoms with Crippen molar-refractivity contribution in [3.63, 3.8) is 0 Å². The van der Waals surface area contributed by atoms with Crippen LogP contribution in [0.3, 0.4) is 0 Å². The van der Waals surface area contributed by atoms with Crippen molar-refractivity contribution >= 4 is 11.9 Å². The maximum Gasteiger partial charge on any atom is 0.330 e. The number of aliphatic carboxylic acids is 1. The third-order valence-corrected chi connectivity index (χ3v) is 3.84. The quantitative estimate of drug-likeness (QED) is 0.456. The molecule has 0 aliphatic heterocycles. The molecule has 0 saturated carbocycles. The average Bonchev–Trinajstić information content (AvgIpc) is 2.79. The van der Waals surface area contributed by atoms with Crippen molar-refractivity contribution in [3.05, 3.63) is 18.2 Å². The van der Waals surface area contributed by atoms with Crippen LogP contribution in [0, 0.1) is 5.41 Å². The monoisotopic (exact) mass is 253 g/mol. The van der Waals surface area contributed by atoms with Crippen LogP contribution in [-0.4, -0.2) is 44.5 Å². The summed E-state index contributed by atoms with van der Waals surface area (Å²) < 4.78 is 0. The lowest BCUT2D eigenvalue weighted by atomic mass is 9.70. The fourth-order valence-corrected chi connectivity index (χ4v) is 1.93. The lowest BCUT2D eigenvalue weighted by molar-refractivity contribution is -0.151. The second-order valence-corrected chi connectivity index (χ2v) is 4.91. The van der Waals surface area contributed by atoms with Crippen molar-refractivity contribution in [1.29, 1.82) is 5.41 Å². The van der Waals surface area contributed by atoms with Gasteiger partial charge in [-0.1, -0.05) is 13.8 Å². The predicted molar refractivity (Wildman–Crippen MR) is 67.3 cm³/mol. The van der Waals surface area contributed by atoms with E-state index in [9.17, 15) is 9.90 Å². The maximum atomic E-state index is 11.7. The van der Waals surface area contributed by atoms with Crippen LogP contribution >= 0.6 is 0 Å². The number of aromatic nitrogens is 2. The number of imidazole rings is 1. The molecule has 1 atom stereocenters. The number of nitrogens with zero attached hydrogens (tertiary/aromatic N) is 2. The Balaban J connectivity index is 3.37. The standard InChI is InChI=1S/C11H19N5O2/c1-10(2,7-5-14-6-15-7)11(3,8(17)18)16(4)9(12)13/h5-6H,1-4H3,(H3,12,13)(H,14,15)(H,17,18)/t11-/m1/s1. The Morgan fingerprint density at radius 3 is 2.44 bits per heavy atom. The first-order chi connectivity index (χ1) is 8.15. The largest absolute Gasteiger partial charge is 0.479 e. The number of carboxylic acids is 1. The van der Waals surface area contributed by atoms with Gasteiger partial charge in [0, 0.05) is 24.4 Å². The minimum absolute atomic E-state index is 0.299. The number of hydrogen-bond acceptors (Lipinski definition) is 3. The highest BCUT2D eigenvalue weighted by atomic mass is 16.4. The number of nitrogens with two attached hydrogens (primary N) is 1. The van der Waals surface area contributed by atoms with Crippen LogP contribution < -0.4 is 5.73 Å². The van der Waals surface area contributed by atoms with Crippen LogP contribution in [-0.2, 0) is 10.2 Å². The smallest absolute Gasteiger partial charge is 0.330 e. The number of nitrogens with one attached hydrogen (secondary N) is 2. The molecular weight excluding hydrogens is 234 g/mol. The number of hydrogen-bond donors (Lipinski definition) is 4. The van der Waals surface area contributed by atoms with Crippen LogP contribution in [0.4, 0.5) is 0 Å². The van der Waals surface area contributed by atoms with Crippen LogP contribution in [0.1, 0.15) is 26.5 Å². The zero-order valence-corrected chi connectivity index (χ0v) is 11.0. The van der Waals surface area contributed by atoms with Crippen molar-refractivity contribution in [3.8, 4) is 0 Å². The van der Waals surface area contributed by atoms with Crippen LogP contribution in [0.5, 0.6) is 0 Å². The van der Waals surface area contributed by atoms with Gasteiger partial charge in [0.15, 0.2) is 5.96 Å². The second kappa shape index (κ2) is 4.32. The average molecular weight is 253 g/mol. The minimum atomic E-state index is -1.37. The number of carboxylic acid groups (broad SMARTS) is 1. The Morgan fingerprint density at radius 1 is 1.56 bits per heavy atom. The molecule has 5 N–H and O–H groups in total. The van der Waals surface area contributed by atoms with E-state index in [0.717, 1.165) is 0 Å². The molecule has 7 nitrogen and oxygen atoms in total. The fraction of sp³-hybridized carbons (Fsp3) is 0.545. The van der Waals surface area contributed by atoms with Gasteiger partial charge in [0.2, 0.25) is 0 Å². The van der Waals surface area contributed by atoms with E-state index in [0.29, 0.717) is 5.69 Å². The van der Waals surface area contributed by atoms with Gasteiger partial charge in [0.05, 0.1) is 6.33 Å². The lowest BCUT2D eigenvalue weighted by Crippen LogP contribution is -2.64. The third-order valence-electron chi connectivity index (χ3n) is 3.84. The fourth-order valence-electron chi connectivity index (χ4n) is 1.93. The van der Waals surface area contributed by atoms with E-state index in [1.807, 2.05) is 0 Å². The topological polar surface area (TPSA) is 119 Å². The van der Waals surface area contributed by atoms with Crippen LogP contribution in [0.2, 0.25) is 0 Å². The molecule has 0 aliphatic carbocycles. The molecule has 1 aromatic heterocycles. The molecule has 0 radical (unpaired) electrons. The lowest BCUT2D eigenvalue weighted by Gasteiger charge is -2.46. The van der Waals surface area contributed by atoms with Gasteiger partial charge in [-0.25, -0.2) is 9.78 Å². The van der Waals surface area contributed by atoms with E-state index in [4.69, 9.17) is 11.1 Å². The van der Waals surface area contributed by atoms with E-state index < -0.39 is 16.9 Å². The van der Waals surface area contributed by atoms with Gasteiger partial charge in [0.1, 0.15) is 5.54 Å². The number of aromatic amines is 1. The summed E-state index contributed by atoms with van der Waals surface area (Å²) in [5.74, 6) is -1.35. The Morgan fingerprint density at radius 2 is 2.11 bits per heavy atom. The molecule has 1 aromatic rings. The molecule has 0 amide bonds. The Kier molecular flexibility index (Phi) is 3.36. The summed E-state index contributed by atoms with van der Waals surface area (Å²) in [5, 5.41) is 17.0. The molecule has 100 valence electrons. The summed E-state index contributed by atoms with van der Waals surface area (Å²) in [5.41, 5.74) is 3.92. The molecule has 0 fully saturated rings. The second-order valence-electron chi connectivity index (χ2n) is 4.91. The highest BCUT2D eigenvalue weighted by Gasteiger charge is 2.53. The summed E-state index contributed by atoms with van der Waals surface area (Å²) in [4.78, 5) is 19.8. The molecule has 0 saturated heterocycles. The van der Waals surface area contributed by atoms with E-state index in [1.165, 1.54) is 25.2 Å². The van der Waals surface area contributed by atoms with Gasteiger partial charge in [-0.15, -0.1) is 0 Å². The summed E-state index contributed by atoms with van der Waals surface area (Å²) >= 11 is 0. The number of H-pyrrole nitrogens is 1.